The van der Waals surface area contributed by atoms with Gasteiger partial charge in [0.2, 0.25) is 0 Å². The average Bonchev–Trinajstić information content (AvgIpc) is 2.97. The van der Waals surface area contributed by atoms with Gasteiger partial charge in [-0.3, -0.25) is 4.99 Å². The molecule has 0 aromatic rings. The van der Waals surface area contributed by atoms with Gasteiger partial charge in [-0.2, -0.15) is 0 Å². The Hall–Kier alpha value is -0.850. The van der Waals surface area contributed by atoms with Crippen molar-refractivity contribution < 1.29 is 9.47 Å². The zero-order valence-corrected chi connectivity index (χ0v) is 14.8. The number of nitrogens with one attached hydrogen (secondary N) is 1. The maximum atomic E-state index is 5.27. The monoisotopic (exact) mass is 314 g/mol. The lowest BCUT2D eigenvalue weighted by Crippen LogP contribution is -2.40. The molecule has 1 atom stereocenters. The maximum absolute atomic E-state index is 5.27. The van der Waals surface area contributed by atoms with Crippen LogP contribution in [0.1, 0.15) is 19.8 Å². The summed E-state index contributed by atoms with van der Waals surface area (Å²) in [6.45, 7) is 9.70. The average molecular weight is 314 g/mol. The molecule has 1 saturated heterocycles. The minimum absolute atomic E-state index is 0.633. The maximum Gasteiger partial charge on any atom is 0.193 e. The first-order valence-electron chi connectivity index (χ1n) is 8.40. The van der Waals surface area contributed by atoms with Crippen molar-refractivity contribution >= 4 is 5.96 Å². The number of rotatable bonds is 10. The number of likely N-dealkylation sites (tertiary alicyclic amines) is 1. The lowest BCUT2D eigenvalue weighted by atomic mass is 10.1. The van der Waals surface area contributed by atoms with Crippen LogP contribution in [-0.4, -0.2) is 89.5 Å². The fourth-order valence-corrected chi connectivity index (χ4v) is 2.71. The third-order valence-corrected chi connectivity index (χ3v) is 3.96. The second-order valence-electron chi connectivity index (χ2n) is 5.94. The fourth-order valence-electron chi connectivity index (χ4n) is 2.71. The zero-order valence-electron chi connectivity index (χ0n) is 14.8. The standard InChI is InChI=1S/C16H34N4O2/c1-5-17-16(20-10-7-15(13-20)14-22-4)18-8-6-9-19(2)11-12-21-3/h15H,5-14H2,1-4H3,(H,17,18). The second kappa shape index (κ2) is 11.7. The molecule has 0 amide bonds. The van der Waals surface area contributed by atoms with E-state index in [1.165, 1.54) is 6.42 Å². The predicted octanol–water partition coefficient (Wildman–Crippen LogP) is 0.889. The van der Waals surface area contributed by atoms with Crippen molar-refractivity contribution in [1.82, 2.24) is 15.1 Å². The van der Waals surface area contributed by atoms with E-state index in [1.807, 2.05) is 0 Å². The van der Waals surface area contributed by atoms with Crippen LogP contribution in [0, 0.1) is 5.92 Å². The number of likely N-dealkylation sites (N-methyl/N-ethyl adjacent to an activating group) is 1. The summed E-state index contributed by atoms with van der Waals surface area (Å²) in [6.07, 6.45) is 2.27. The van der Waals surface area contributed by atoms with Gasteiger partial charge in [0.05, 0.1) is 13.2 Å². The Bertz CT molecular complexity index is 313. The lowest BCUT2D eigenvalue weighted by Gasteiger charge is -2.22. The molecule has 1 unspecified atom stereocenters. The van der Waals surface area contributed by atoms with Gasteiger partial charge in [-0.15, -0.1) is 0 Å². The summed E-state index contributed by atoms with van der Waals surface area (Å²) in [5.41, 5.74) is 0. The molecule has 1 aliphatic heterocycles. The first-order chi connectivity index (χ1) is 10.7. The molecule has 1 heterocycles. The van der Waals surface area contributed by atoms with Crippen molar-refractivity contribution in [2.75, 3.05) is 73.7 Å². The first kappa shape index (κ1) is 19.2. The molecular formula is C16H34N4O2. The van der Waals surface area contributed by atoms with E-state index in [2.05, 4.69) is 29.1 Å². The Morgan fingerprint density at radius 1 is 1.32 bits per heavy atom. The van der Waals surface area contributed by atoms with Gasteiger partial charge >= 0.3 is 0 Å². The van der Waals surface area contributed by atoms with E-state index in [9.17, 15) is 0 Å². The van der Waals surface area contributed by atoms with Gasteiger partial charge in [0.15, 0.2) is 5.96 Å². The van der Waals surface area contributed by atoms with Crippen molar-refractivity contribution in [3.63, 3.8) is 0 Å². The number of guanidine groups is 1. The number of hydrogen-bond acceptors (Lipinski definition) is 4. The summed E-state index contributed by atoms with van der Waals surface area (Å²) < 4.78 is 10.4. The normalized spacial score (nSPS) is 19.2. The number of hydrogen-bond donors (Lipinski definition) is 1. The summed E-state index contributed by atoms with van der Waals surface area (Å²) >= 11 is 0. The number of nitrogens with zero attached hydrogens (tertiary/aromatic N) is 3. The molecule has 1 N–H and O–H groups in total. The van der Waals surface area contributed by atoms with Gasteiger partial charge in [0.1, 0.15) is 0 Å². The topological polar surface area (TPSA) is 49.3 Å². The Morgan fingerprint density at radius 2 is 2.14 bits per heavy atom. The Labute approximate surface area is 135 Å². The minimum atomic E-state index is 0.633. The van der Waals surface area contributed by atoms with Crippen molar-refractivity contribution in [2.45, 2.75) is 19.8 Å². The number of methoxy groups -OCH3 is 2. The van der Waals surface area contributed by atoms with Gasteiger partial charge in [0.25, 0.3) is 0 Å². The van der Waals surface area contributed by atoms with Crippen LogP contribution in [0.3, 0.4) is 0 Å². The molecule has 0 radical (unpaired) electrons. The van der Waals surface area contributed by atoms with Crippen LogP contribution in [0.4, 0.5) is 0 Å². The van der Waals surface area contributed by atoms with E-state index in [-0.39, 0.29) is 0 Å². The highest BCUT2D eigenvalue weighted by Crippen LogP contribution is 2.16. The van der Waals surface area contributed by atoms with Crippen LogP contribution in [0.15, 0.2) is 4.99 Å². The van der Waals surface area contributed by atoms with Crippen molar-refractivity contribution in [1.29, 1.82) is 0 Å². The minimum Gasteiger partial charge on any atom is -0.384 e. The molecule has 1 rings (SSSR count). The molecule has 130 valence electrons. The molecule has 0 aromatic heterocycles. The Morgan fingerprint density at radius 3 is 2.82 bits per heavy atom. The van der Waals surface area contributed by atoms with Crippen molar-refractivity contribution in [3.05, 3.63) is 0 Å². The molecule has 0 aliphatic carbocycles. The van der Waals surface area contributed by atoms with E-state index >= 15 is 0 Å². The summed E-state index contributed by atoms with van der Waals surface area (Å²) in [4.78, 5) is 9.43. The number of aliphatic imine (C=N–C) groups is 1. The van der Waals surface area contributed by atoms with Crippen LogP contribution in [0.25, 0.3) is 0 Å². The quantitative estimate of drug-likeness (QED) is 0.369. The first-order valence-corrected chi connectivity index (χ1v) is 8.40. The molecule has 0 bridgehead atoms. The smallest absolute Gasteiger partial charge is 0.193 e. The van der Waals surface area contributed by atoms with E-state index < -0.39 is 0 Å². The number of ether oxygens (including phenoxy) is 2. The second-order valence-corrected chi connectivity index (χ2v) is 5.94. The summed E-state index contributed by atoms with van der Waals surface area (Å²) in [7, 11) is 5.65. The predicted molar refractivity (Wildman–Crippen MR) is 91.5 cm³/mol. The zero-order chi connectivity index (χ0) is 16.2. The molecular weight excluding hydrogens is 280 g/mol. The summed E-state index contributed by atoms with van der Waals surface area (Å²) in [5.74, 6) is 1.69. The van der Waals surface area contributed by atoms with Crippen LogP contribution < -0.4 is 5.32 Å². The molecule has 0 saturated carbocycles. The van der Waals surface area contributed by atoms with Gasteiger partial charge < -0.3 is 24.6 Å². The molecule has 1 aliphatic rings. The van der Waals surface area contributed by atoms with E-state index in [0.29, 0.717) is 5.92 Å². The van der Waals surface area contributed by atoms with Crippen molar-refractivity contribution in [2.24, 2.45) is 10.9 Å². The third kappa shape index (κ3) is 7.42. The molecule has 0 aromatic carbocycles. The van der Waals surface area contributed by atoms with Gasteiger partial charge in [-0.25, -0.2) is 0 Å². The van der Waals surface area contributed by atoms with Gasteiger partial charge in [-0.05, 0) is 33.4 Å². The van der Waals surface area contributed by atoms with Crippen LogP contribution in [0.2, 0.25) is 0 Å². The highest BCUT2D eigenvalue weighted by atomic mass is 16.5. The van der Waals surface area contributed by atoms with E-state index in [4.69, 9.17) is 14.5 Å². The molecule has 6 heteroatoms. The van der Waals surface area contributed by atoms with Crippen molar-refractivity contribution in [3.8, 4) is 0 Å². The van der Waals surface area contributed by atoms with Gasteiger partial charge in [0, 0.05) is 52.9 Å². The third-order valence-electron chi connectivity index (χ3n) is 3.96. The Kier molecular flexibility index (Phi) is 10.2. The molecule has 22 heavy (non-hydrogen) atoms. The largest absolute Gasteiger partial charge is 0.384 e. The fraction of sp³-hybridized carbons (Fsp3) is 0.938. The highest BCUT2D eigenvalue weighted by molar-refractivity contribution is 5.80. The van der Waals surface area contributed by atoms with E-state index in [0.717, 1.165) is 64.9 Å². The van der Waals surface area contributed by atoms with Gasteiger partial charge in [-0.1, -0.05) is 0 Å². The van der Waals surface area contributed by atoms with Crippen LogP contribution in [-0.2, 0) is 9.47 Å². The summed E-state index contributed by atoms with van der Waals surface area (Å²) in [5, 5.41) is 3.41. The SMILES string of the molecule is CCNC(=NCCCN(C)CCOC)N1CCC(COC)C1. The molecule has 6 nitrogen and oxygen atoms in total. The molecule has 1 fully saturated rings. The van der Waals surface area contributed by atoms with E-state index in [1.54, 1.807) is 14.2 Å². The molecule has 0 spiro atoms. The summed E-state index contributed by atoms with van der Waals surface area (Å²) in [6, 6.07) is 0. The highest BCUT2D eigenvalue weighted by Gasteiger charge is 2.24. The van der Waals surface area contributed by atoms with Crippen LogP contribution in [0.5, 0.6) is 0 Å². The van der Waals surface area contributed by atoms with Crippen LogP contribution >= 0.6 is 0 Å². The lowest BCUT2D eigenvalue weighted by molar-refractivity contribution is 0.157. The Balaban J connectivity index is 2.33.